The van der Waals surface area contributed by atoms with Gasteiger partial charge in [-0.1, -0.05) is 25.8 Å². The number of epoxide rings is 2. The molecule has 1 N–H and O–H groups in total. The van der Waals surface area contributed by atoms with Crippen LogP contribution in [0.3, 0.4) is 0 Å². The van der Waals surface area contributed by atoms with Crippen LogP contribution in [0.1, 0.15) is 38.5 Å². The molecule has 5 heteroatoms. The van der Waals surface area contributed by atoms with Crippen molar-refractivity contribution in [3.8, 4) is 0 Å². The predicted octanol–water partition coefficient (Wildman–Crippen LogP) is 2.28. The zero-order chi connectivity index (χ0) is 15.6. The predicted molar refractivity (Wildman–Crippen MR) is 83.6 cm³/mol. The van der Waals surface area contributed by atoms with Crippen LogP contribution >= 0.6 is 0 Å². The van der Waals surface area contributed by atoms with Crippen LogP contribution in [0.4, 0.5) is 0 Å². The quantitative estimate of drug-likeness (QED) is 0.402. The molecule has 2 aliphatic heterocycles. The molecule has 2 heterocycles. The van der Waals surface area contributed by atoms with E-state index >= 15 is 0 Å². The lowest BCUT2D eigenvalue weighted by Crippen LogP contribution is -2.23. The molecule has 0 aromatic carbocycles. The Balaban J connectivity index is 0.000000170. The first-order valence-corrected chi connectivity index (χ1v) is 8.51. The van der Waals surface area contributed by atoms with Crippen LogP contribution in [0, 0.1) is 5.92 Å². The molecule has 0 aromatic heterocycles. The van der Waals surface area contributed by atoms with Gasteiger partial charge in [0, 0.05) is 6.42 Å². The molecule has 5 nitrogen and oxygen atoms in total. The van der Waals surface area contributed by atoms with E-state index in [9.17, 15) is 5.11 Å². The Labute approximate surface area is 133 Å². The minimum absolute atomic E-state index is 0.166. The normalized spacial score (nSPS) is 28.2. The SMILES string of the molecule is C(OCC1CO1)C1CO1.C=COCCC(O)C1CCCCC1. The molecule has 3 unspecified atom stereocenters. The molecule has 3 atom stereocenters. The molecule has 1 saturated carbocycles. The summed E-state index contributed by atoms with van der Waals surface area (Å²) in [7, 11) is 0. The van der Waals surface area contributed by atoms with Crippen molar-refractivity contribution in [2.45, 2.75) is 56.8 Å². The average Bonchev–Trinajstić information content (AvgIpc) is 3.44. The fourth-order valence-corrected chi connectivity index (χ4v) is 2.69. The van der Waals surface area contributed by atoms with Crippen molar-refractivity contribution in [1.82, 2.24) is 0 Å². The van der Waals surface area contributed by atoms with E-state index in [-0.39, 0.29) is 6.10 Å². The number of rotatable bonds is 9. The standard InChI is InChI=1S/C11H20O2.C6H10O3/c1-2-13-9-8-11(12)10-6-4-3-5-7-10;1(5-3-8-5)7-2-6-4-9-6/h2,10-12H,1,3-9H2;5-6H,1-4H2. The fourth-order valence-electron chi connectivity index (χ4n) is 2.69. The highest BCUT2D eigenvalue weighted by Crippen LogP contribution is 2.27. The molecule has 2 saturated heterocycles. The number of aliphatic hydroxyl groups excluding tert-OH is 1. The van der Waals surface area contributed by atoms with Gasteiger partial charge in [-0.2, -0.15) is 0 Å². The maximum Gasteiger partial charge on any atom is 0.104 e. The summed E-state index contributed by atoms with van der Waals surface area (Å²) < 4.78 is 20.1. The Morgan fingerprint density at radius 1 is 1.09 bits per heavy atom. The van der Waals surface area contributed by atoms with Gasteiger partial charge in [0.1, 0.15) is 12.2 Å². The van der Waals surface area contributed by atoms with Gasteiger partial charge >= 0.3 is 0 Å². The van der Waals surface area contributed by atoms with Crippen LogP contribution < -0.4 is 0 Å². The molecule has 0 amide bonds. The molecule has 3 rings (SSSR count). The number of hydrogen-bond donors (Lipinski definition) is 1. The van der Waals surface area contributed by atoms with E-state index in [1.807, 2.05) is 0 Å². The van der Waals surface area contributed by atoms with E-state index in [0.29, 0.717) is 24.7 Å². The third kappa shape index (κ3) is 8.13. The van der Waals surface area contributed by atoms with Crippen molar-refractivity contribution in [3.63, 3.8) is 0 Å². The molecule has 0 bridgehead atoms. The van der Waals surface area contributed by atoms with Crippen molar-refractivity contribution in [3.05, 3.63) is 12.8 Å². The highest BCUT2D eigenvalue weighted by Gasteiger charge is 2.26. The molecule has 128 valence electrons. The number of ether oxygens (including phenoxy) is 4. The Kier molecular flexibility index (Phi) is 8.23. The Hall–Kier alpha value is -0.620. The van der Waals surface area contributed by atoms with Gasteiger partial charge in [-0.05, 0) is 18.8 Å². The summed E-state index contributed by atoms with van der Waals surface area (Å²) in [6.45, 7) is 7.33. The van der Waals surface area contributed by atoms with E-state index in [1.165, 1.54) is 38.4 Å². The second kappa shape index (κ2) is 10.2. The van der Waals surface area contributed by atoms with Crippen LogP contribution in [-0.2, 0) is 18.9 Å². The van der Waals surface area contributed by atoms with Gasteiger partial charge in [-0.3, -0.25) is 0 Å². The third-order valence-electron chi connectivity index (χ3n) is 4.26. The average molecular weight is 314 g/mol. The van der Waals surface area contributed by atoms with Gasteiger partial charge in [0.2, 0.25) is 0 Å². The van der Waals surface area contributed by atoms with Crippen LogP contribution in [0.5, 0.6) is 0 Å². The summed E-state index contributed by atoms with van der Waals surface area (Å²) in [4.78, 5) is 0. The van der Waals surface area contributed by atoms with E-state index in [4.69, 9.17) is 18.9 Å². The summed E-state index contributed by atoms with van der Waals surface area (Å²) in [5.74, 6) is 0.516. The first-order valence-electron chi connectivity index (χ1n) is 8.51. The Morgan fingerprint density at radius 3 is 2.18 bits per heavy atom. The Bertz CT molecular complexity index is 283. The molecular weight excluding hydrogens is 284 g/mol. The summed E-state index contributed by atoms with van der Waals surface area (Å²) in [6.07, 6.45) is 9.09. The first kappa shape index (κ1) is 17.7. The van der Waals surface area contributed by atoms with Crippen LogP contribution in [-0.4, -0.2) is 56.5 Å². The molecule has 0 spiro atoms. The van der Waals surface area contributed by atoms with Crippen molar-refractivity contribution in [1.29, 1.82) is 0 Å². The van der Waals surface area contributed by atoms with Crippen LogP contribution in [0.25, 0.3) is 0 Å². The van der Waals surface area contributed by atoms with Crippen LogP contribution in [0.15, 0.2) is 12.8 Å². The zero-order valence-corrected chi connectivity index (χ0v) is 13.5. The minimum atomic E-state index is -0.166. The van der Waals surface area contributed by atoms with Gasteiger partial charge in [-0.15, -0.1) is 0 Å². The number of hydrogen-bond acceptors (Lipinski definition) is 5. The second-order valence-electron chi connectivity index (χ2n) is 6.24. The van der Waals surface area contributed by atoms with Gasteiger partial charge in [-0.25, -0.2) is 0 Å². The van der Waals surface area contributed by atoms with Crippen LogP contribution in [0.2, 0.25) is 0 Å². The first-order chi connectivity index (χ1) is 10.8. The molecule has 0 radical (unpaired) electrons. The van der Waals surface area contributed by atoms with Gasteiger partial charge < -0.3 is 24.1 Å². The molecule has 0 aromatic rings. The van der Waals surface area contributed by atoms with Gasteiger partial charge in [0.15, 0.2) is 0 Å². The molecule has 22 heavy (non-hydrogen) atoms. The monoisotopic (exact) mass is 314 g/mol. The molecule has 3 fully saturated rings. The molecule has 3 aliphatic rings. The lowest BCUT2D eigenvalue weighted by atomic mass is 9.84. The third-order valence-corrected chi connectivity index (χ3v) is 4.26. The van der Waals surface area contributed by atoms with E-state index in [1.54, 1.807) is 0 Å². The minimum Gasteiger partial charge on any atom is -0.502 e. The zero-order valence-electron chi connectivity index (χ0n) is 13.5. The highest BCUT2D eigenvalue weighted by atomic mass is 16.6. The van der Waals surface area contributed by atoms with E-state index in [2.05, 4.69) is 6.58 Å². The number of aliphatic hydroxyl groups is 1. The van der Waals surface area contributed by atoms with Crippen molar-refractivity contribution >= 4 is 0 Å². The fraction of sp³-hybridized carbons (Fsp3) is 0.882. The second-order valence-corrected chi connectivity index (χ2v) is 6.24. The lowest BCUT2D eigenvalue weighted by molar-refractivity contribution is 0.0578. The lowest BCUT2D eigenvalue weighted by Gasteiger charge is -2.26. The van der Waals surface area contributed by atoms with Crippen molar-refractivity contribution in [2.24, 2.45) is 5.92 Å². The van der Waals surface area contributed by atoms with Crippen molar-refractivity contribution in [2.75, 3.05) is 33.0 Å². The summed E-state index contributed by atoms with van der Waals surface area (Å²) in [5.41, 5.74) is 0. The van der Waals surface area contributed by atoms with Gasteiger partial charge in [0.25, 0.3) is 0 Å². The van der Waals surface area contributed by atoms with E-state index < -0.39 is 0 Å². The highest BCUT2D eigenvalue weighted by molar-refractivity contribution is 4.73. The maximum absolute atomic E-state index is 9.79. The molecule has 1 aliphatic carbocycles. The van der Waals surface area contributed by atoms with E-state index in [0.717, 1.165) is 32.8 Å². The van der Waals surface area contributed by atoms with Gasteiger partial charge in [0.05, 0.1) is 45.4 Å². The smallest absolute Gasteiger partial charge is 0.104 e. The largest absolute Gasteiger partial charge is 0.502 e. The Morgan fingerprint density at radius 2 is 1.68 bits per heavy atom. The summed E-state index contributed by atoms with van der Waals surface area (Å²) in [5, 5.41) is 9.79. The van der Waals surface area contributed by atoms with Crippen molar-refractivity contribution < 1.29 is 24.1 Å². The maximum atomic E-state index is 9.79. The summed E-state index contributed by atoms with van der Waals surface area (Å²) >= 11 is 0. The topological polar surface area (TPSA) is 63.8 Å². The summed E-state index contributed by atoms with van der Waals surface area (Å²) in [6, 6.07) is 0. The molecular formula is C17H30O5.